The first-order chi connectivity index (χ1) is 16.2. The Bertz CT molecular complexity index is 1380. The molecule has 33 heavy (non-hydrogen) atoms. The van der Waals surface area contributed by atoms with E-state index in [1.165, 1.54) is 11.1 Å². The van der Waals surface area contributed by atoms with Crippen molar-refractivity contribution in [2.45, 2.75) is 0 Å². The lowest BCUT2D eigenvalue weighted by Gasteiger charge is -2.18. The van der Waals surface area contributed by atoms with Crippen LogP contribution in [0.2, 0.25) is 0 Å². The second-order valence-corrected chi connectivity index (χ2v) is 8.00. The summed E-state index contributed by atoms with van der Waals surface area (Å²) in [4.78, 5) is 0. The fraction of sp³-hybridized carbons (Fsp3) is 0. The summed E-state index contributed by atoms with van der Waals surface area (Å²) in [5, 5.41) is 19.6. The third-order valence-corrected chi connectivity index (χ3v) is 5.95. The lowest BCUT2D eigenvalue weighted by molar-refractivity contribution is 0.426. The zero-order valence-electron chi connectivity index (χ0n) is 18.1. The van der Waals surface area contributed by atoms with Gasteiger partial charge in [0.25, 0.3) is 0 Å². The summed E-state index contributed by atoms with van der Waals surface area (Å²) in [7, 11) is -1.52. The molecule has 0 fully saturated rings. The Balaban J connectivity index is 1.75. The first-order valence-corrected chi connectivity index (χ1v) is 11.0. The number of benzene rings is 5. The van der Waals surface area contributed by atoms with Crippen LogP contribution in [0, 0.1) is 0 Å². The molecule has 3 heteroatoms. The molecule has 0 aliphatic heterocycles. The minimum Gasteiger partial charge on any atom is -0.423 e. The fourth-order valence-electron chi connectivity index (χ4n) is 4.35. The molecule has 0 aliphatic rings. The minimum absolute atomic E-state index is 0.472. The van der Waals surface area contributed by atoms with Crippen molar-refractivity contribution in [1.82, 2.24) is 0 Å². The molecule has 0 unspecified atom stereocenters. The van der Waals surface area contributed by atoms with E-state index in [1.807, 2.05) is 54.6 Å². The van der Waals surface area contributed by atoms with Crippen molar-refractivity contribution < 1.29 is 10.0 Å². The lowest BCUT2D eigenvalue weighted by Crippen LogP contribution is -2.29. The molecule has 5 aromatic rings. The normalized spacial score (nSPS) is 10.7. The van der Waals surface area contributed by atoms with Gasteiger partial charge in [0.05, 0.1) is 0 Å². The summed E-state index contributed by atoms with van der Waals surface area (Å²) in [6.45, 7) is 0. The van der Waals surface area contributed by atoms with Gasteiger partial charge >= 0.3 is 7.12 Å². The smallest absolute Gasteiger partial charge is 0.423 e. The molecule has 0 saturated heterocycles. The van der Waals surface area contributed by atoms with E-state index >= 15 is 0 Å². The van der Waals surface area contributed by atoms with Crippen LogP contribution in [0.5, 0.6) is 0 Å². The molecule has 5 rings (SSSR count). The fourth-order valence-corrected chi connectivity index (χ4v) is 4.35. The second kappa shape index (κ2) is 9.29. The van der Waals surface area contributed by atoms with Crippen LogP contribution in [0.4, 0.5) is 0 Å². The van der Waals surface area contributed by atoms with Crippen LogP contribution >= 0.6 is 0 Å². The predicted octanol–water partition coefficient (Wildman–Crippen LogP) is 6.03. The van der Waals surface area contributed by atoms with E-state index in [4.69, 9.17) is 0 Å². The van der Waals surface area contributed by atoms with Gasteiger partial charge in [-0.25, -0.2) is 0 Å². The van der Waals surface area contributed by atoms with Gasteiger partial charge in [0.1, 0.15) is 0 Å². The highest BCUT2D eigenvalue weighted by Gasteiger charge is 2.18. The summed E-state index contributed by atoms with van der Waals surface area (Å²) in [5.41, 5.74) is 9.24. The topological polar surface area (TPSA) is 40.5 Å². The van der Waals surface area contributed by atoms with Gasteiger partial charge in [0, 0.05) is 0 Å². The molecular weight excluding hydrogens is 403 g/mol. The van der Waals surface area contributed by atoms with Crippen molar-refractivity contribution in [2.24, 2.45) is 0 Å². The molecule has 0 atom stereocenters. The summed E-state index contributed by atoms with van der Waals surface area (Å²) >= 11 is 0. The van der Waals surface area contributed by atoms with E-state index < -0.39 is 7.12 Å². The maximum atomic E-state index is 9.81. The average Bonchev–Trinajstić information content (AvgIpc) is 2.89. The Morgan fingerprint density at radius 2 is 0.758 bits per heavy atom. The SMILES string of the molecule is OB(O)c1ccc(-c2ccccc2-c2ccccc2-c2ccccc2)c(-c2ccccc2)c1. The van der Waals surface area contributed by atoms with Crippen LogP contribution < -0.4 is 5.46 Å². The van der Waals surface area contributed by atoms with Crippen LogP contribution in [0.1, 0.15) is 0 Å². The zero-order valence-corrected chi connectivity index (χ0v) is 18.1. The molecule has 0 radical (unpaired) electrons. The Morgan fingerprint density at radius 3 is 1.27 bits per heavy atom. The average molecular weight is 426 g/mol. The Hall–Kier alpha value is -3.92. The molecule has 0 heterocycles. The van der Waals surface area contributed by atoms with Gasteiger partial charge in [0.2, 0.25) is 0 Å². The van der Waals surface area contributed by atoms with Crippen LogP contribution in [-0.2, 0) is 0 Å². The largest absolute Gasteiger partial charge is 0.488 e. The first kappa shape index (κ1) is 21.0. The van der Waals surface area contributed by atoms with Gasteiger partial charge in [-0.05, 0) is 50.0 Å². The van der Waals surface area contributed by atoms with Crippen molar-refractivity contribution in [3.8, 4) is 44.5 Å². The first-order valence-electron chi connectivity index (χ1n) is 11.0. The van der Waals surface area contributed by atoms with E-state index in [-0.39, 0.29) is 0 Å². The monoisotopic (exact) mass is 426 g/mol. The molecule has 0 spiro atoms. The Labute approximate surface area is 194 Å². The van der Waals surface area contributed by atoms with Crippen molar-refractivity contribution in [2.75, 3.05) is 0 Å². The van der Waals surface area contributed by atoms with E-state index in [1.54, 1.807) is 6.07 Å². The maximum absolute atomic E-state index is 9.81. The van der Waals surface area contributed by atoms with Gasteiger partial charge in [0.15, 0.2) is 0 Å². The minimum atomic E-state index is -1.52. The molecule has 5 aromatic carbocycles. The van der Waals surface area contributed by atoms with Crippen LogP contribution in [0.15, 0.2) is 127 Å². The zero-order chi connectivity index (χ0) is 22.6. The van der Waals surface area contributed by atoms with Gasteiger partial charge < -0.3 is 10.0 Å². The van der Waals surface area contributed by atoms with E-state index in [0.717, 1.165) is 33.4 Å². The summed E-state index contributed by atoms with van der Waals surface area (Å²) in [6.07, 6.45) is 0. The second-order valence-electron chi connectivity index (χ2n) is 8.00. The molecule has 2 N–H and O–H groups in total. The Kier molecular flexibility index (Phi) is 5.90. The highest BCUT2D eigenvalue weighted by molar-refractivity contribution is 6.58. The molecule has 0 aliphatic carbocycles. The van der Waals surface area contributed by atoms with E-state index in [0.29, 0.717) is 5.46 Å². The van der Waals surface area contributed by atoms with Gasteiger partial charge in [-0.1, -0.05) is 127 Å². The number of hydrogen-bond donors (Lipinski definition) is 2. The van der Waals surface area contributed by atoms with Gasteiger partial charge in [-0.3, -0.25) is 0 Å². The molecule has 0 aromatic heterocycles. The quantitative estimate of drug-likeness (QED) is 0.337. The van der Waals surface area contributed by atoms with Crippen LogP contribution in [0.25, 0.3) is 44.5 Å². The third-order valence-electron chi connectivity index (χ3n) is 5.95. The lowest BCUT2D eigenvalue weighted by atomic mass is 9.77. The third kappa shape index (κ3) is 4.25. The standard InChI is InChI=1S/C30H23BO2/c32-31(33)24-19-20-29(30(21-24)23-13-5-2-6-14-23)28-18-10-9-17-27(28)26-16-8-7-15-25(26)22-11-3-1-4-12-22/h1-21,32-33H. The number of rotatable bonds is 5. The van der Waals surface area contributed by atoms with Gasteiger partial charge in [-0.2, -0.15) is 0 Å². The highest BCUT2D eigenvalue weighted by Crippen LogP contribution is 2.41. The van der Waals surface area contributed by atoms with Crippen LogP contribution in [0.3, 0.4) is 0 Å². The summed E-state index contributed by atoms with van der Waals surface area (Å²) in [6, 6.07) is 43.0. The number of hydrogen-bond acceptors (Lipinski definition) is 2. The maximum Gasteiger partial charge on any atom is 0.488 e. The molecule has 158 valence electrons. The van der Waals surface area contributed by atoms with Crippen molar-refractivity contribution in [1.29, 1.82) is 0 Å². The molecule has 0 amide bonds. The van der Waals surface area contributed by atoms with Gasteiger partial charge in [-0.15, -0.1) is 0 Å². The predicted molar refractivity (Wildman–Crippen MR) is 138 cm³/mol. The molecule has 0 saturated carbocycles. The van der Waals surface area contributed by atoms with E-state index in [9.17, 15) is 10.0 Å². The van der Waals surface area contributed by atoms with Crippen molar-refractivity contribution in [3.05, 3.63) is 127 Å². The van der Waals surface area contributed by atoms with Crippen LogP contribution in [-0.4, -0.2) is 17.2 Å². The van der Waals surface area contributed by atoms with Crippen molar-refractivity contribution in [3.63, 3.8) is 0 Å². The molecule has 0 bridgehead atoms. The summed E-state index contributed by atoms with van der Waals surface area (Å²) in [5.74, 6) is 0. The molecule has 2 nitrogen and oxygen atoms in total. The summed E-state index contributed by atoms with van der Waals surface area (Å²) < 4.78 is 0. The molecular formula is C30H23BO2. The van der Waals surface area contributed by atoms with E-state index in [2.05, 4.69) is 66.7 Å². The van der Waals surface area contributed by atoms with Crippen molar-refractivity contribution >= 4 is 12.6 Å². The highest BCUT2D eigenvalue weighted by atomic mass is 16.4. The Morgan fingerprint density at radius 1 is 0.364 bits per heavy atom.